The number of hydrogen-bond donors (Lipinski definition) is 2. The third-order valence-corrected chi connectivity index (χ3v) is 4.69. The minimum absolute atomic E-state index is 0.0811. The lowest BCUT2D eigenvalue weighted by atomic mass is 9.84. The van der Waals surface area contributed by atoms with E-state index in [9.17, 15) is 14.7 Å². The maximum Gasteiger partial charge on any atom is 0.349 e. The zero-order valence-corrected chi connectivity index (χ0v) is 14.7. The van der Waals surface area contributed by atoms with Crippen molar-refractivity contribution in [2.45, 2.75) is 46.1 Å². The maximum absolute atomic E-state index is 12.0. The van der Waals surface area contributed by atoms with Crippen LogP contribution in [0.3, 0.4) is 0 Å². The van der Waals surface area contributed by atoms with E-state index in [0.717, 1.165) is 23.7 Å². The molecular formula is C18H25N3O3. The molecule has 0 aliphatic carbocycles. The Balaban J connectivity index is 2.33. The number of carboxylic acid groups (broad SMARTS) is 1. The Labute approximate surface area is 141 Å². The topological polar surface area (TPSA) is 84.2 Å². The number of aromatic nitrogens is 2. The summed E-state index contributed by atoms with van der Waals surface area (Å²) in [5.41, 5.74) is 0.393. The molecule has 0 spiro atoms. The van der Waals surface area contributed by atoms with Crippen molar-refractivity contribution in [1.29, 1.82) is 0 Å². The highest BCUT2D eigenvalue weighted by atomic mass is 16.4. The first kappa shape index (κ1) is 18.0. The Morgan fingerprint density at radius 1 is 1.38 bits per heavy atom. The zero-order chi connectivity index (χ0) is 17.9. The van der Waals surface area contributed by atoms with Crippen LogP contribution in [0.4, 0.5) is 5.82 Å². The molecule has 2 rings (SSSR count). The average Bonchev–Trinajstić information content (AvgIpc) is 2.55. The van der Waals surface area contributed by atoms with Gasteiger partial charge in [-0.3, -0.25) is 4.57 Å². The Morgan fingerprint density at radius 2 is 2.04 bits per heavy atom. The Morgan fingerprint density at radius 3 is 2.67 bits per heavy atom. The molecule has 0 saturated heterocycles. The average molecular weight is 331 g/mol. The highest BCUT2D eigenvalue weighted by molar-refractivity contribution is 5.91. The standard InChI is InChI=1S/C18H25N3O3/c1-5-18(2,3)11-10-13(16(22)23)19-15-12-8-6-7-9-14(12)21(4)17(24)20-15/h6-9,13H,5,10-11H2,1-4H3,(H,22,23)(H,19,20,24)/t13-/m0/s1. The number of nitrogens with one attached hydrogen (secondary N) is 1. The molecule has 1 aromatic heterocycles. The molecule has 1 heterocycles. The van der Waals surface area contributed by atoms with E-state index in [1.807, 2.05) is 24.3 Å². The van der Waals surface area contributed by atoms with Gasteiger partial charge in [-0.15, -0.1) is 0 Å². The molecule has 24 heavy (non-hydrogen) atoms. The fourth-order valence-corrected chi connectivity index (χ4v) is 2.54. The monoisotopic (exact) mass is 331 g/mol. The van der Waals surface area contributed by atoms with Crippen molar-refractivity contribution in [2.75, 3.05) is 5.32 Å². The summed E-state index contributed by atoms with van der Waals surface area (Å²) >= 11 is 0. The summed E-state index contributed by atoms with van der Waals surface area (Å²) in [5.74, 6) is -0.608. The van der Waals surface area contributed by atoms with Crippen LogP contribution >= 0.6 is 0 Å². The SMILES string of the molecule is CCC(C)(C)CC[C@H](Nc1nc(=O)n(C)c2ccccc12)C(=O)O. The van der Waals surface area contributed by atoms with Gasteiger partial charge in [-0.1, -0.05) is 39.3 Å². The van der Waals surface area contributed by atoms with Crippen LogP contribution in [0.25, 0.3) is 10.9 Å². The van der Waals surface area contributed by atoms with Crippen LogP contribution in [0.1, 0.15) is 40.0 Å². The number of rotatable bonds is 7. The molecule has 6 nitrogen and oxygen atoms in total. The summed E-state index contributed by atoms with van der Waals surface area (Å²) in [7, 11) is 1.65. The van der Waals surface area contributed by atoms with Gasteiger partial charge in [0.2, 0.25) is 0 Å². The summed E-state index contributed by atoms with van der Waals surface area (Å²) in [6.07, 6.45) is 2.23. The predicted octanol–water partition coefficient (Wildman–Crippen LogP) is 3.02. The van der Waals surface area contributed by atoms with Gasteiger partial charge in [0.1, 0.15) is 11.9 Å². The summed E-state index contributed by atoms with van der Waals surface area (Å²) in [5, 5.41) is 13.2. The molecule has 0 bridgehead atoms. The number of fused-ring (bicyclic) bond motifs is 1. The zero-order valence-electron chi connectivity index (χ0n) is 14.7. The van der Waals surface area contributed by atoms with Gasteiger partial charge >= 0.3 is 11.7 Å². The van der Waals surface area contributed by atoms with Crippen LogP contribution in [0.5, 0.6) is 0 Å². The van der Waals surface area contributed by atoms with Crippen molar-refractivity contribution in [3.63, 3.8) is 0 Å². The molecule has 0 saturated carbocycles. The first-order valence-corrected chi connectivity index (χ1v) is 8.20. The lowest BCUT2D eigenvalue weighted by molar-refractivity contribution is -0.138. The summed E-state index contributed by atoms with van der Waals surface area (Å²) in [4.78, 5) is 27.7. The highest BCUT2D eigenvalue weighted by Gasteiger charge is 2.24. The predicted molar refractivity (Wildman–Crippen MR) is 95.3 cm³/mol. The van der Waals surface area contributed by atoms with E-state index in [1.165, 1.54) is 4.57 Å². The van der Waals surface area contributed by atoms with Gasteiger partial charge in [0.25, 0.3) is 0 Å². The van der Waals surface area contributed by atoms with Crippen molar-refractivity contribution >= 4 is 22.7 Å². The van der Waals surface area contributed by atoms with Crippen molar-refractivity contribution in [3.05, 3.63) is 34.7 Å². The van der Waals surface area contributed by atoms with Crippen LogP contribution in [-0.2, 0) is 11.8 Å². The first-order chi connectivity index (χ1) is 11.2. The minimum Gasteiger partial charge on any atom is -0.480 e. The molecule has 1 aromatic carbocycles. The van der Waals surface area contributed by atoms with E-state index >= 15 is 0 Å². The molecule has 0 aliphatic heterocycles. The van der Waals surface area contributed by atoms with E-state index in [4.69, 9.17) is 0 Å². The van der Waals surface area contributed by atoms with E-state index in [0.29, 0.717) is 12.2 Å². The van der Waals surface area contributed by atoms with Crippen molar-refractivity contribution in [3.8, 4) is 0 Å². The fraction of sp³-hybridized carbons (Fsp3) is 0.500. The molecule has 0 unspecified atom stereocenters. The Bertz CT molecular complexity index is 796. The number of carboxylic acids is 1. The van der Waals surface area contributed by atoms with Crippen molar-refractivity contribution in [2.24, 2.45) is 12.5 Å². The molecule has 0 amide bonds. The lowest BCUT2D eigenvalue weighted by Crippen LogP contribution is -2.33. The van der Waals surface area contributed by atoms with E-state index in [-0.39, 0.29) is 5.41 Å². The van der Waals surface area contributed by atoms with Gasteiger partial charge in [0.05, 0.1) is 5.52 Å². The van der Waals surface area contributed by atoms with Gasteiger partial charge < -0.3 is 10.4 Å². The van der Waals surface area contributed by atoms with Crippen molar-refractivity contribution < 1.29 is 9.90 Å². The highest BCUT2D eigenvalue weighted by Crippen LogP contribution is 2.28. The molecule has 0 fully saturated rings. The van der Waals surface area contributed by atoms with Gasteiger partial charge in [-0.05, 0) is 30.4 Å². The lowest BCUT2D eigenvalue weighted by Gasteiger charge is -2.25. The largest absolute Gasteiger partial charge is 0.480 e. The van der Waals surface area contributed by atoms with Gasteiger partial charge in [-0.2, -0.15) is 4.98 Å². The first-order valence-electron chi connectivity index (χ1n) is 8.20. The number of nitrogens with zero attached hydrogens (tertiary/aromatic N) is 2. The molecule has 0 aliphatic rings. The van der Waals surface area contributed by atoms with E-state index < -0.39 is 17.7 Å². The molecule has 0 radical (unpaired) electrons. The van der Waals surface area contributed by atoms with Gasteiger partial charge in [-0.25, -0.2) is 9.59 Å². The van der Waals surface area contributed by atoms with Crippen LogP contribution < -0.4 is 11.0 Å². The molecule has 2 aromatic rings. The number of carbonyl (C=O) groups is 1. The normalized spacial score (nSPS) is 13.0. The van der Waals surface area contributed by atoms with Crippen LogP contribution in [0.2, 0.25) is 0 Å². The summed E-state index contributed by atoms with van der Waals surface area (Å²) < 4.78 is 1.45. The molecular weight excluding hydrogens is 306 g/mol. The second-order valence-electron chi connectivity index (χ2n) is 6.91. The van der Waals surface area contributed by atoms with Crippen LogP contribution in [0.15, 0.2) is 29.1 Å². The number of hydrogen-bond acceptors (Lipinski definition) is 4. The second kappa shape index (κ2) is 7.03. The molecule has 2 N–H and O–H groups in total. The maximum atomic E-state index is 12.0. The number of aryl methyl sites for hydroxylation is 1. The number of para-hydroxylation sites is 1. The molecule has 130 valence electrons. The van der Waals surface area contributed by atoms with Gasteiger partial charge in [0.15, 0.2) is 0 Å². The summed E-state index contributed by atoms with van der Waals surface area (Å²) in [6.45, 7) is 6.34. The third-order valence-electron chi connectivity index (χ3n) is 4.69. The molecule has 6 heteroatoms. The number of aliphatic carboxylic acids is 1. The summed E-state index contributed by atoms with van der Waals surface area (Å²) in [6, 6.07) is 6.55. The third kappa shape index (κ3) is 3.93. The number of anilines is 1. The molecule has 1 atom stereocenters. The Kier molecular flexibility index (Phi) is 5.26. The van der Waals surface area contributed by atoms with Crippen molar-refractivity contribution in [1.82, 2.24) is 9.55 Å². The van der Waals surface area contributed by atoms with Gasteiger partial charge in [0, 0.05) is 12.4 Å². The Hall–Kier alpha value is -2.37. The minimum atomic E-state index is -0.937. The smallest absolute Gasteiger partial charge is 0.349 e. The van der Waals surface area contributed by atoms with E-state index in [2.05, 4.69) is 31.1 Å². The quantitative estimate of drug-likeness (QED) is 0.815. The second-order valence-corrected chi connectivity index (χ2v) is 6.91. The van der Waals surface area contributed by atoms with Crippen LogP contribution in [-0.4, -0.2) is 26.7 Å². The van der Waals surface area contributed by atoms with Crippen LogP contribution in [0, 0.1) is 5.41 Å². The van der Waals surface area contributed by atoms with E-state index in [1.54, 1.807) is 7.05 Å². The number of benzene rings is 1. The fourth-order valence-electron chi connectivity index (χ4n) is 2.54.